The van der Waals surface area contributed by atoms with Crippen molar-refractivity contribution in [1.82, 2.24) is 5.16 Å². The van der Waals surface area contributed by atoms with Gasteiger partial charge in [-0.2, -0.15) is 0 Å². The highest BCUT2D eigenvalue weighted by Gasteiger charge is 2.11. The standard InChI is InChI=1S/C17H13FN2O2/c18-13-8-6-12(7-9-13)16-10-15(20-22-16)11-17(21)19-14-4-2-1-3-5-14/h1-10H,11H2,(H,19,21). The Morgan fingerprint density at radius 3 is 2.55 bits per heavy atom. The van der Waals surface area contributed by atoms with Crippen LogP contribution in [0.25, 0.3) is 11.3 Å². The van der Waals surface area contributed by atoms with E-state index in [2.05, 4.69) is 10.5 Å². The average Bonchev–Trinajstić information content (AvgIpc) is 2.97. The number of carbonyl (C=O) groups is 1. The number of carbonyl (C=O) groups excluding carboxylic acids is 1. The van der Waals surface area contributed by atoms with Gasteiger partial charge < -0.3 is 9.84 Å². The molecule has 5 heteroatoms. The molecule has 0 saturated heterocycles. The normalized spacial score (nSPS) is 10.4. The first-order valence-electron chi connectivity index (χ1n) is 6.77. The van der Waals surface area contributed by atoms with E-state index >= 15 is 0 Å². The molecule has 0 spiro atoms. The first-order chi connectivity index (χ1) is 10.7. The number of para-hydroxylation sites is 1. The first-order valence-corrected chi connectivity index (χ1v) is 6.77. The quantitative estimate of drug-likeness (QED) is 0.799. The molecule has 22 heavy (non-hydrogen) atoms. The predicted molar refractivity (Wildman–Crippen MR) is 80.7 cm³/mol. The second-order valence-electron chi connectivity index (χ2n) is 4.78. The third kappa shape index (κ3) is 3.38. The van der Waals surface area contributed by atoms with Crippen molar-refractivity contribution in [3.8, 4) is 11.3 Å². The van der Waals surface area contributed by atoms with Crippen molar-refractivity contribution >= 4 is 11.6 Å². The molecular formula is C17H13FN2O2. The second-order valence-corrected chi connectivity index (χ2v) is 4.78. The van der Waals surface area contributed by atoms with Crippen LogP contribution < -0.4 is 5.32 Å². The van der Waals surface area contributed by atoms with Crippen molar-refractivity contribution in [2.24, 2.45) is 0 Å². The van der Waals surface area contributed by atoms with Crippen LogP contribution in [0.3, 0.4) is 0 Å². The highest BCUT2D eigenvalue weighted by Crippen LogP contribution is 2.21. The van der Waals surface area contributed by atoms with Crippen LogP contribution in [0.4, 0.5) is 10.1 Å². The number of benzene rings is 2. The summed E-state index contributed by atoms with van der Waals surface area (Å²) >= 11 is 0. The van der Waals surface area contributed by atoms with E-state index < -0.39 is 0 Å². The van der Waals surface area contributed by atoms with E-state index in [1.54, 1.807) is 18.2 Å². The zero-order valence-corrected chi connectivity index (χ0v) is 11.6. The van der Waals surface area contributed by atoms with Crippen molar-refractivity contribution in [3.05, 3.63) is 72.2 Å². The van der Waals surface area contributed by atoms with Gasteiger partial charge in [-0.1, -0.05) is 23.4 Å². The lowest BCUT2D eigenvalue weighted by atomic mass is 10.1. The van der Waals surface area contributed by atoms with Crippen molar-refractivity contribution in [2.45, 2.75) is 6.42 Å². The molecule has 0 aliphatic heterocycles. The van der Waals surface area contributed by atoms with Crippen LogP contribution >= 0.6 is 0 Å². The van der Waals surface area contributed by atoms with Gasteiger partial charge in [0.1, 0.15) is 5.82 Å². The van der Waals surface area contributed by atoms with Crippen molar-refractivity contribution in [1.29, 1.82) is 0 Å². The van der Waals surface area contributed by atoms with Gasteiger partial charge in [-0.15, -0.1) is 0 Å². The van der Waals surface area contributed by atoms with Crippen molar-refractivity contribution in [2.75, 3.05) is 5.32 Å². The van der Waals surface area contributed by atoms with Gasteiger partial charge in [0.25, 0.3) is 0 Å². The summed E-state index contributed by atoms with van der Waals surface area (Å²) in [5.41, 5.74) is 1.96. The molecule has 0 aliphatic carbocycles. The molecule has 0 atom stereocenters. The molecule has 3 aromatic rings. The molecule has 0 radical (unpaired) electrons. The Bertz CT molecular complexity index is 767. The Labute approximate surface area is 126 Å². The number of nitrogens with one attached hydrogen (secondary N) is 1. The maximum absolute atomic E-state index is 12.9. The summed E-state index contributed by atoms with van der Waals surface area (Å²) in [6.07, 6.45) is 0.111. The maximum atomic E-state index is 12.9. The van der Waals surface area contributed by atoms with Gasteiger partial charge in [0.2, 0.25) is 5.91 Å². The summed E-state index contributed by atoms with van der Waals surface area (Å²) in [4.78, 5) is 11.9. The highest BCUT2D eigenvalue weighted by molar-refractivity contribution is 5.92. The van der Waals surface area contributed by atoms with Crippen LogP contribution in [0, 0.1) is 5.82 Å². The Kier molecular flexibility index (Phi) is 3.96. The third-order valence-electron chi connectivity index (χ3n) is 3.09. The highest BCUT2D eigenvalue weighted by atomic mass is 19.1. The second kappa shape index (κ2) is 6.22. The number of nitrogens with zero attached hydrogens (tertiary/aromatic N) is 1. The van der Waals surface area contributed by atoms with Gasteiger partial charge in [0.05, 0.1) is 12.1 Å². The summed E-state index contributed by atoms with van der Waals surface area (Å²) in [5, 5.41) is 6.64. The van der Waals surface area contributed by atoms with Gasteiger partial charge in [0, 0.05) is 17.3 Å². The predicted octanol–water partition coefficient (Wildman–Crippen LogP) is 3.66. The molecule has 0 fully saturated rings. The van der Waals surface area contributed by atoms with Gasteiger partial charge in [-0.3, -0.25) is 4.79 Å². The van der Waals surface area contributed by atoms with E-state index in [1.165, 1.54) is 12.1 Å². The smallest absolute Gasteiger partial charge is 0.230 e. The summed E-state index contributed by atoms with van der Waals surface area (Å²) in [6.45, 7) is 0. The van der Waals surface area contributed by atoms with Gasteiger partial charge in [0.15, 0.2) is 5.76 Å². The lowest BCUT2D eigenvalue weighted by molar-refractivity contribution is -0.115. The van der Waals surface area contributed by atoms with Crippen LogP contribution in [0.1, 0.15) is 5.69 Å². The number of hydrogen-bond acceptors (Lipinski definition) is 3. The minimum Gasteiger partial charge on any atom is -0.356 e. The molecule has 1 N–H and O–H groups in total. The van der Waals surface area contributed by atoms with E-state index in [4.69, 9.17) is 4.52 Å². The van der Waals surface area contributed by atoms with E-state index in [0.29, 0.717) is 17.0 Å². The number of aromatic nitrogens is 1. The SMILES string of the molecule is O=C(Cc1cc(-c2ccc(F)cc2)on1)Nc1ccccc1. The minimum absolute atomic E-state index is 0.111. The number of hydrogen-bond donors (Lipinski definition) is 1. The zero-order chi connectivity index (χ0) is 15.4. The number of rotatable bonds is 4. The van der Waals surface area contributed by atoms with Crippen LogP contribution in [0.5, 0.6) is 0 Å². The fourth-order valence-electron chi connectivity index (χ4n) is 2.04. The topological polar surface area (TPSA) is 55.1 Å². The fourth-order valence-corrected chi connectivity index (χ4v) is 2.04. The summed E-state index contributed by atoms with van der Waals surface area (Å²) < 4.78 is 18.1. The van der Waals surface area contributed by atoms with Gasteiger partial charge in [-0.25, -0.2) is 4.39 Å². The molecule has 1 heterocycles. The number of anilines is 1. The fraction of sp³-hybridized carbons (Fsp3) is 0.0588. The van der Waals surface area contributed by atoms with Crippen molar-refractivity contribution in [3.63, 3.8) is 0 Å². The van der Waals surface area contributed by atoms with E-state index in [9.17, 15) is 9.18 Å². The van der Waals surface area contributed by atoms with E-state index in [1.807, 2.05) is 30.3 Å². The molecule has 0 bridgehead atoms. The molecular weight excluding hydrogens is 283 g/mol. The van der Waals surface area contributed by atoms with Crippen LogP contribution in [0.2, 0.25) is 0 Å². The first kappa shape index (κ1) is 14.0. The molecule has 0 saturated carbocycles. The van der Waals surface area contributed by atoms with Gasteiger partial charge in [-0.05, 0) is 36.4 Å². The largest absolute Gasteiger partial charge is 0.356 e. The van der Waals surface area contributed by atoms with Crippen molar-refractivity contribution < 1.29 is 13.7 Å². The molecule has 2 aromatic carbocycles. The zero-order valence-electron chi connectivity index (χ0n) is 11.6. The van der Waals surface area contributed by atoms with Crippen LogP contribution in [-0.4, -0.2) is 11.1 Å². The Hall–Kier alpha value is -2.95. The summed E-state index contributed by atoms with van der Waals surface area (Å²) in [6, 6.07) is 16.8. The minimum atomic E-state index is -0.314. The average molecular weight is 296 g/mol. The molecule has 1 amide bonds. The Morgan fingerprint density at radius 2 is 1.82 bits per heavy atom. The van der Waals surface area contributed by atoms with E-state index in [0.717, 1.165) is 5.69 Å². The van der Waals surface area contributed by atoms with E-state index in [-0.39, 0.29) is 18.1 Å². The van der Waals surface area contributed by atoms with Crippen LogP contribution in [0.15, 0.2) is 65.2 Å². The van der Waals surface area contributed by atoms with Crippen LogP contribution in [-0.2, 0) is 11.2 Å². The Morgan fingerprint density at radius 1 is 1.09 bits per heavy atom. The monoisotopic (exact) mass is 296 g/mol. The lowest BCUT2D eigenvalue weighted by Gasteiger charge is -2.02. The molecule has 1 aromatic heterocycles. The number of amides is 1. The lowest BCUT2D eigenvalue weighted by Crippen LogP contribution is -2.14. The molecule has 0 unspecified atom stereocenters. The summed E-state index contributed by atoms with van der Waals surface area (Å²) in [5.74, 6) is 0.0124. The third-order valence-corrected chi connectivity index (χ3v) is 3.09. The van der Waals surface area contributed by atoms with Gasteiger partial charge >= 0.3 is 0 Å². The molecule has 0 aliphatic rings. The molecule has 110 valence electrons. The number of halogens is 1. The molecule has 3 rings (SSSR count). The maximum Gasteiger partial charge on any atom is 0.230 e. The molecule has 4 nitrogen and oxygen atoms in total. The summed E-state index contributed by atoms with van der Waals surface area (Å²) in [7, 11) is 0. The Balaban J connectivity index is 1.66.